The highest BCUT2D eigenvalue weighted by Crippen LogP contribution is 2.44. The molecule has 0 heterocycles. The predicted octanol–water partition coefficient (Wildman–Crippen LogP) is 5.99. The third-order valence-corrected chi connectivity index (χ3v) is 5.24. The monoisotopic (exact) mass is 350 g/mol. The second-order valence-corrected chi connectivity index (χ2v) is 7.79. The number of benzene rings is 2. The second kappa shape index (κ2) is 7.38. The first-order chi connectivity index (χ1) is 12.4. The highest BCUT2D eigenvalue weighted by Gasteiger charge is 2.46. The van der Waals surface area contributed by atoms with Crippen molar-refractivity contribution in [2.24, 2.45) is 5.92 Å². The van der Waals surface area contributed by atoms with Crippen LogP contribution in [-0.2, 0) is 15.1 Å². The van der Waals surface area contributed by atoms with Gasteiger partial charge in [-0.05, 0) is 51.3 Å². The number of ether oxygens (including phenoxy) is 2. The Balaban J connectivity index is 2.09. The lowest BCUT2D eigenvalue weighted by Crippen LogP contribution is -2.47. The van der Waals surface area contributed by atoms with E-state index >= 15 is 0 Å². The SMILES string of the molecule is Cc1ccc(C(C)(OC2(OC(C)C)C=CCC2C)c2ccccc2)cc1. The van der Waals surface area contributed by atoms with Crippen molar-refractivity contribution in [3.63, 3.8) is 0 Å². The molecule has 0 bridgehead atoms. The molecule has 0 spiro atoms. The van der Waals surface area contributed by atoms with Crippen molar-refractivity contribution >= 4 is 0 Å². The minimum atomic E-state index is -0.719. The van der Waals surface area contributed by atoms with Crippen LogP contribution < -0.4 is 0 Å². The van der Waals surface area contributed by atoms with Crippen LogP contribution in [0.5, 0.6) is 0 Å². The first kappa shape index (κ1) is 18.9. The molecule has 0 amide bonds. The minimum absolute atomic E-state index is 0.0817. The Hall–Kier alpha value is -1.90. The van der Waals surface area contributed by atoms with Gasteiger partial charge in [-0.3, -0.25) is 0 Å². The van der Waals surface area contributed by atoms with Crippen LogP contribution in [0.25, 0.3) is 0 Å². The summed E-state index contributed by atoms with van der Waals surface area (Å²) in [7, 11) is 0. The van der Waals surface area contributed by atoms with E-state index in [0.29, 0.717) is 0 Å². The Kier molecular flexibility index (Phi) is 5.36. The summed E-state index contributed by atoms with van der Waals surface area (Å²) in [6, 6.07) is 19.0. The summed E-state index contributed by atoms with van der Waals surface area (Å²) in [5.74, 6) is -0.456. The quantitative estimate of drug-likeness (QED) is 0.470. The molecule has 0 fully saturated rings. The molecule has 3 unspecified atom stereocenters. The van der Waals surface area contributed by atoms with E-state index in [1.165, 1.54) is 5.56 Å². The van der Waals surface area contributed by atoms with Crippen LogP contribution in [0.3, 0.4) is 0 Å². The molecule has 3 rings (SSSR count). The zero-order valence-electron chi connectivity index (χ0n) is 16.5. The van der Waals surface area contributed by atoms with E-state index in [1.807, 2.05) is 6.07 Å². The zero-order chi connectivity index (χ0) is 18.8. The third-order valence-electron chi connectivity index (χ3n) is 5.24. The molecule has 0 saturated carbocycles. The summed E-state index contributed by atoms with van der Waals surface area (Å²) in [6.45, 7) is 10.6. The van der Waals surface area contributed by atoms with Crippen LogP contribution in [0.1, 0.15) is 50.8 Å². The zero-order valence-corrected chi connectivity index (χ0v) is 16.5. The lowest BCUT2D eigenvalue weighted by molar-refractivity contribution is -0.283. The van der Waals surface area contributed by atoms with E-state index in [1.54, 1.807) is 0 Å². The van der Waals surface area contributed by atoms with Gasteiger partial charge in [-0.15, -0.1) is 0 Å². The molecule has 138 valence electrons. The summed E-state index contributed by atoms with van der Waals surface area (Å²) in [5.41, 5.74) is 2.90. The molecule has 1 aliphatic carbocycles. The van der Waals surface area contributed by atoms with Crippen LogP contribution in [0, 0.1) is 12.8 Å². The Morgan fingerprint density at radius 1 is 1.00 bits per heavy atom. The van der Waals surface area contributed by atoms with Gasteiger partial charge in [-0.1, -0.05) is 73.2 Å². The Bertz CT molecular complexity index is 748. The average Bonchev–Trinajstić information content (AvgIpc) is 2.95. The molecule has 2 aromatic rings. The van der Waals surface area contributed by atoms with Gasteiger partial charge in [0.2, 0.25) is 0 Å². The Morgan fingerprint density at radius 2 is 1.62 bits per heavy atom. The van der Waals surface area contributed by atoms with Gasteiger partial charge < -0.3 is 9.47 Å². The van der Waals surface area contributed by atoms with Crippen molar-refractivity contribution in [2.75, 3.05) is 0 Å². The molecular formula is C24H30O2. The van der Waals surface area contributed by atoms with Gasteiger partial charge in [0, 0.05) is 5.92 Å². The maximum Gasteiger partial charge on any atom is 0.192 e. The maximum atomic E-state index is 6.91. The molecule has 1 aliphatic rings. The molecule has 0 radical (unpaired) electrons. The van der Waals surface area contributed by atoms with E-state index in [0.717, 1.165) is 17.5 Å². The van der Waals surface area contributed by atoms with E-state index in [-0.39, 0.29) is 12.0 Å². The number of allylic oxidation sites excluding steroid dienone is 1. The number of hydrogen-bond acceptors (Lipinski definition) is 2. The van der Waals surface area contributed by atoms with Crippen molar-refractivity contribution in [3.8, 4) is 0 Å². The highest BCUT2D eigenvalue weighted by atomic mass is 16.7. The van der Waals surface area contributed by atoms with Crippen molar-refractivity contribution in [2.45, 2.75) is 58.5 Å². The largest absolute Gasteiger partial charge is 0.343 e. The van der Waals surface area contributed by atoms with Crippen LogP contribution in [0.4, 0.5) is 0 Å². The summed E-state index contributed by atoms with van der Waals surface area (Å²) in [5, 5.41) is 0. The predicted molar refractivity (Wildman–Crippen MR) is 107 cm³/mol. The van der Waals surface area contributed by atoms with E-state index < -0.39 is 11.4 Å². The van der Waals surface area contributed by atoms with Gasteiger partial charge in [-0.25, -0.2) is 0 Å². The van der Waals surface area contributed by atoms with Crippen molar-refractivity contribution in [1.82, 2.24) is 0 Å². The van der Waals surface area contributed by atoms with Gasteiger partial charge in [-0.2, -0.15) is 0 Å². The topological polar surface area (TPSA) is 18.5 Å². The van der Waals surface area contributed by atoms with Gasteiger partial charge in [0.1, 0.15) is 5.60 Å². The molecule has 26 heavy (non-hydrogen) atoms. The number of aryl methyl sites for hydroxylation is 1. The van der Waals surface area contributed by atoms with Crippen LogP contribution in [0.2, 0.25) is 0 Å². The van der Waals surface area contributed by atoms with Gasteiger partial charge in [0.25, 0.3) is 0 Å². The highest BCUT2D eigenvalue weighted by molar-refractivity contribution is 5.37. The number of rotatable bonds is 6. The van der Waals surface area contributed by atoms with E-state index in [4.69, 9.17) is 9.47 Å². The summed E-state index contributed by atoms with van der Waals surface area (Å²) in [6.07, 6.45) is 5.32. The lowest BCUT2D eigenvalue weighted by atomic mass is 9.86. The van der Waals surface area contributed by atoms with E-state index in [9.17, 15) is 0 Å². The summed E-state index contributed by atoms with van der Waals surface area (Å²) < 4.78 is 13.3. The molecule has 3 atom stereocenters. The lowest BCUT2D eigenvalue weighted by Gasteiger charge is -2.43. The van der Waals surface area contributed by atoms with Gasteiger partial charge >= 0.3 is 0 Å². The molecule has 2 nitrogen and oxygen atoms in total. The van der Waals surface area contributed by atoms with Gasteiger partial charge in [0.05, 0.1) is 6.10 Å². The van der Waals surface area contributed by atoms with Crippen molar-refractivity contribution in [1.29, 1.82) is 0 Å². The fraction of sp³-hybridized carbons (Fsp3) is 0.417. The molecular weight excluding hydrogens is 320 g/mol. The summed E-state index contributed by atoms with van der Waals surface area (Å²) >= 11 is 0. The third kappa shape index (κ3) is 3.62. The smallest absolute Gasteiger partial charge is 0.192 e. The van der Waals surface area contributed by atoms with Crippen molar-refractivity contribution < 1.29 is 9.47 Å². The van der Waals surface area contributed by atoms with Gasteiger partial charge in [0.15, 0.2) is 5.79 Å². The molecule has 0 aliphatic heterocycles. The molecule has 2 heteroatoms. The normalized spacial score (nSPS) is 24.8. The average molecular weight is 351 g/mol. The Labute approximate surface area is 157 Å². The fourth-order valence-corrected chi connectivity index (χ4v) is 3.68. The maximum absolute atomic E-state index is 6.91. The molecule has 2 aromatic carbocycles. The van der Waals surface area contributed by atoms with Crippen LogP contribution in [-0.4, -0.2) is 11.9 Å². The molecule has 0 aromatic heterocycles. The second-order valence-electron chi connectivity index (χ2n) is 7.79. The van der Waals surface area contributed by atoms with Crippen molar-refractivity contribution in [3.05, 3.63) is 83.4 Å². The molecule has 0 saturated heterocycles. The standard InChI is InChI=1S/C24H30O2/c1-18(2)25-24(17-9-10-20(24)4)26-23(5,21-11-7-6-8-12-21)22-15-13-19(3)14-16-22/h6-9,11-18,20H,10H2,1-5H3. The fourth-order valence-electron chi connectivity index (χ4n) is 3.68. The first-order valence-corrected chi connectivity index (χ1v) is 9.54. The summed E-state index contributed by atoms with van der Waals surface area (Å²) in [4.78, 5) is 0. The minimum Gasteiger partial charge on any atom is -0.343 e. The number of hydrogen-bond donors (Lipinski definition) is 0. The van der Waals surface area contributed by atoms with E-state index in [2.05, 4.69) is 95.3 Å². The van der Waals surface area contributed by atoms with Crippen LogP contribution >= 0.6 is 0 Å². The first-order valence-electron chi connectivity index (χ1n) is 9.54. The van der Waals surface area contributed by atoms with Crippen LogP contribution in [0.15, 0.2) is 66.7 Å². The Morgan fingerprint density at radius 3 is 2.15 bits per heavy atom. The molecule has 0 N–H and O–H groups in total.